The molecule has 2 aromatic heterocycles. The molecule has 1 fully saturated rings. The van der Waals surface area contributed by atoms with Crippen molar-refractivity contribution in [1.29, 1.82) is 0 Å². The summed E-state index contributed by atoms with van der Waals surface area (Å²) in [5.74, 6) is 0.626. The van der Waals surface area contributed by atoms with Crippen LogP contribution in [0.2, 0.25) is 0 Å². The van der Waals surface area contributed by atoms with Gasteiger partial charge >= 0.3 is 12.1 Å². The number of rotatable bonds is 10. The molecule has 1 unspecified atom stereocenters. The van der Waals surface area contributed by atoms with E-state index in [2.05, 4.69) is 5.32 Å². The zero-order chi connectivity index (χ0) is 36.8. The number of nitrogens with one attached hydrogen (secondary N) is 1. The Bertz CT molecular complexity index is 2160. The van der Waals surface area contributed by atoms with Gasteiger partial charge in [0.15, 0.2) is 11.3 Å². The van der Waals surface area contributed by atoms with Crippen LogP contribution < -0.4 is 35.7 Å². The summed E-state index contributed by atoms with van der Waals surface area (Å²) in [5.41, 5.74) is 0.702. The second kappa shape index (κ2) is 15.7. The molecule has 52 heavy (non-hydrogen) atoms. The Balaban J connectivity index is 1.31. The van der Waals surface area contributed by atoms with Crippen LogP contribution in [-0.2, 0) is 11.3 Å². The van der Waals surface area contributed by atoms with Crippen LogP contribution in [0.25, 0.3) is 10.9 Å². The summed E-state index contributed by atoms with van der Waals surface area (Å²) in [6, 6.07) is 18.7. The van der Waals surface area contributed by atoms with E-state index in [1.807, 2.05) is 0 Å². The van der Waals surface area contributed by atoms with Gasteiger partial charge in [-0.05, 0) is 55.5 Å². The zero-order valence-corrected chi connectivity index (χ0v) is 28.9. The molecule has 3 amide bonds. The number of hydrogen-bond donors (Lipinski definition) is 1. The lowest BCUT2D eigenvalue weighted by Crippen LogP contribution is -2.57. The number of piperazine rings is 1. The lowest BCUT2D eigenvalue weighted by molar-refractivity contribution is 0.0948. The Kier molecular flexibility index (Phi) is 10.7. The highest BCUT2D eigenvalue weighted by molar-refractivity contribution is 6.03. The normalized spacial score (nSPS) is 13.4. The maximum atomic E-state index is 14.3. The van der Waals surface area contributed by atoms with E-state index in [9.17, 15) is 23.6 Å². The maximum Gasteiger partial charge on any atom is 0.409 e. The number of halogens is 1. The molecule has 1 aliphatic heterocycles. The number of anilines is 2. The zero-order valence-electron chi connectivity index (χ0n) is 28.9. The standard InChI is InChI=1S/C37H38FN7O7/c1-25(44(32-13-12-29(50-2)24-33(32)51-3)36(48)39-27-10-8-26(38)9-11-27)34-40-31-7-5-4-6-30(31)35(47)45(34)43-20-18-42(19-21-43)37(49)52-23-22-41-16-14-28(46)15-17-41/h4-17,24-25H,18-23H2,1-3H3,(H,39,48). The lowest BCUT2D eigenvalue weighted by atomic mass is 10.1. The average Bonchev–Trinajstić information content (AvgIpc) is 3.16. The SMILES string of the molecule is COc1ccc(N(C(=O)Nc2ccc(F)cc2)C(C)c2nc3ccccc3c(=O)n2N2CCN(C(=O)OCCn3ccc(=O)cc3)CC2)c(OC)c1. The lowest BCUT2D eigenvalue weighted by Gasteiger charge is -2.39. The molecule has 0 spiro atoms. The van der Waals surface area contributed by atoms with Crippen molar-refractivity contribution >= 4 is 34.4 Å². The second-order valence-corrected chi connectivity index (χ2v) is 12.0. The van der Waals surface area contributed by atoms with Crippen molar-refractivity contribution < 1.29 is 28.2 Å². The molecular weight excluding hydrogens is 673 g/mol. The van der Waals surface area contributed by atoms with Gasteiger partial charge in [-0.3, -0.25) is 14.5 Å². The van der Waals surface area contributed by atoms with Gasteiger partial charge in [-0.1, -0.05) is 12.1 Å². The summed E-state index contributed by atoms with van der Waals surface area (Å²) >= 11 is 0. The fraction of sp³-hybridized carbons (Fsp3) is 0.270. The number of methoxy groups -OCH3 is 2. The highest BCUT2D eigenvalue weighted by Gasteiger charge is 2.33. The van der Waals surface area contributed by atoms with E-state index in [1.165, 1.54) is 60.2 Å². The number of ether oxygens (including phenoxy) is 3. The highest BCUT2D eigenvalue weighted by Crippen LogP contribution is 2.37. The molecule has 1 aliphatic rings. The van der Waals surface area contributed by atoms with Gasteiger partial charge in [0.1, 0.15) is 23.9 Å². The monoisotopic (exact) mass is 711 g/mol. The van der Waals surface area contributed by atoms with Crippen molar-refractivity contribution in [3.8, 4) is 11.5 Å². The van der Waals surface area contributed by atoms with Gasteiger partial charge in [0.2, 0.25) is 0 Å². The van der Waals surface area contributed by atoms with Gasteiger partial charge in [0.05, 0.1) is 56.5 Å². The largest absolute Gasteiger partial charge is 0.497 e. The van der Waals surface area contributed by atoms with E-state index in [-0.39, 0.29) is 49.6 Å². The smallest absolute Gasteiger partial charge is 0.409 e. The van der Waals surface area contributed by atoms with E-state index in [1.54, 1.807) is 76.3 Å². The highest BCUT2D eigenvalue weighted by atomic mass is 19.1. The molecule has 14 nitrogen and oxygen atoms in total. The van der Waals surface area contributed by atoms with Crippen molar-refractivity contribution in [2.75, 3.05) is 62.2 Å². The van der Waals surface area contributed by atoms with Crippen molar-refractivity contribution in [2.24, 2.45) is 0 Å². The number of nitrogens with zero attached hydrogens (tertiary/aromatic N) is 6. The third-order valence-electron chi connectivity index (χ3n) is 8.73. The summed E-state index contributed by atoms with van der Waals surface area (Å²) in [6.07, 6.45) is 2.76. The fourth-order valence-corrected chi connectivity index (χ4v) is 6.00. The first-order valence-electron chi connectivity index (χ1n) is 16.6. The number of carbonyl (C=O) groups excluding carboxylic acids is 2. The molecule has 1 atom stereocenters. The minimum Gasteiger partial charge on any atom is -0.497 e. The number of pyridine rings is 1. The van der Waals surface area contributed by atoms with Crippen molar-refractivity contribution in [1.82, 2.24) is 19.1 Å². The van der Waals surface area contributed by atoms with E-state index in [0.29, 0.717) is 40.3 Å². The van der Waals surface area contributed by atoms with Crippen LogP contribution in [0.1, 0.15) is 18.8 Å². The van der Waals surface area contributed by atoms with Gasteiger partial charge < -0.3 is 34.0 Å². The summed E-state index contributed by atoms with van der Waals surface area (Å²) in [6.45, 7) is 3.29. The van der Waals surface area contributed by atoms with Gasteiger partial charge in [-0.25, -0.2) is 23.6 Å². The van der Waals surface area contributed by atoms with E-state index < -0.39 is 24.0 Å². The van der Waals surface area contributed by atoms with Gasteiger partial charge in [0.25, 0.3) is 5.56 Å². The summed E-state index contributed by atoms with van der Waals surface area (Å²) in [5, 5.41) is 5.01. The summed E-state index contributed by atoms with van der Waals surface area (Å²) < 4.78 is 33.5. The van der Waals surface area contributed by atoms with Gasteiger partial charge in [0, 0.05) is 49.4 Å². The fourth-order valence-electron chi connectivity index (χ4n) is 6.00. The number of hydrogen-bond acceptors (Lipinski definition) is 9. The number of benzene rings is 3. The van der Waals surface area contributed by atoms with E-state index >= 15 is 0 Å². The van der Waals surface area contributed by atoms with Gasteiger partial charge in [-0.15, -0.1) is 0 Å². The third kappa shape index (κ3) is 7.67. The number of carbonyl (C=O) groups is 2. The Hall–Kier alpha value is -6.38. The maximum absolute atomic E-state index is 14.3. The Labute approximate surface area is 298 Å². The average molecular weight is 712 g/mol. The molecule has 270 valence electrons. The summed E-state index contributed by atoms with van der Waals surface area (Å²) in [4.78, 5) is 60.7. The summed E-state index contributed by atoms with van der Waals surface area (Å²) in [7, 11) is 2.99. The minimum absolute atomic E-state index is 0.106. The molecule has 3 aromatic carbocycles. The molecule has 5 aromatic rings. The number of amides is 3. The van der Waals surface area contributed by atoms with Crippen LogP contribution in [0.15, 0.2) is 101 Å². The molecule has 3 heterocycles. The minimum atomic E-state index is -0.878. The Morgan fingerprint density at radius 3 is 2.33 bits per heavy atom. The van der Waals surface area contributed by atoms with Crippen molar-refractivity contribution in [3.05, 3.63) is 123 Å². The van der Waals surface area contributed by atoms with E-state index in [4.69, 9.17) is 19.2 Å². The molecule has 0 aliphatic carbocycles. The Morgan fingerprint density at radius 1 is 0.923 bits per heavy atom. The molecule has 6 rings (SSSR count). The van der Waals surface area contributed by atoms with Crippen LogP contribution in [-0.4, -0.2) is 78.3 Å². The third-order valence-corrected chi connectivity index (χ3v) is 8.73. The van der Waals surface area contributed by atoms with Crippen molar-refractivity contribution in [3.63, 3.8) is 0 Å². The number of para-hydroxylation sites is 1. The molecule has 0 saturated carbocycles. The molecule has 0 bridgehead atoms. The first-order chi connectivity index (χ1) is 25.2. The number of fused-ring (bicyclic) bond motifs is 1. The Morgan fingerprint density at radius 2 is 1.63 bits per heavy atom. The van der Waals surface area contributed by atoms with Crippen LogP contribution >= 0.6 is 0 Å². The first-order valence-corrected chi connectivity index (χ1v) is 16.6. The molecule has 0 radical (unpaired) electrons. The predicted octanol–water partition coefficient (Wildman–Crippen LogP) is 4.60. The van der Waals surface area contributed by atoms with Crippen molar-refractivity contribution in [2.45, 2.75) is 19.5 Å². The molecular formula is C37H38FN7O7. The molecule has 1 saturated heterocycles. The quantitative estimate of drug-likeness (QED) is 0.220. The van der Waals surface area contributed by atoms with Crippen LogP contribution in [0.4, 0.5) is 25.4 Å². The molecule has 15 heteroatoms. The van der Waals surface area contributed by atoms with Gasteiger partial charge in [-0.2, -0.15) is 0 Å². The first kappa shape index (κ1) is 35.4. The molecule has 1 N–H and O–H groups in total. The predicted molar refractivity (Wildman–Crippen MR) is 193 cm³/mol. The van der Waals surface area contributed by atoms with Crippen LogP contribution in [0, 0.1) is 5.82 Å². The number of aromatic nitrogens is 3. The topological polar surface area (TPSA) is 140 Å². The second-order valence-electron chi connectivity index (χ2n) is 12.0. The van der Waals surface area contributed by atoms with E-state index in [0.717, 1.165) is 0 Å². The van der Waals surface area contributed by atoms with Crippen LogP contribution in [0.3, 0.4) is 0 Å². The van der Waals surface area contributed by atoms with Crippen LogP contribution in [0.5, 0.6) is 11.5 Å². The number of urea groups is 1.